The second-order valence-electron chi connectivity index (χ2n) is 5.30. The number of rotatable bonds is 10. The second-order valence-corrected chi connectivity index (χ2v) is 5.30. The van der Waals surface area contributed by atoms with E-state index in [2.05, 4.69) is 25.7 Å². The van der Waals surface area contributed by atoms with Gasteiger partial charge in [-0.05, 0) is 51.9 Å². The van der Waals surface area contributed by atoms with Crippen LogP contribution in [0.4, 0.5) is 0 Å². The molecular weight excluding hydrogens is 234 g/mol. The molecule has 19 heavy (non-hydrogen) atoms. The lowest BCUT2D eigenvalue weighted by Gasteiger charge is -2.24. The average Bonchev–Trinajstić information content (AvgIpc) is 2.42. The van der Waals surface area contributed by atoms with Crippen molar-refractivity contribution in [1.82, 2.24) is 4.90 Å². The van der Waals surface area contributed by atoms with Crippen LogP contribution < -0.4 is 4.74 Å². The first kappa shape index (κ1) is 16.0. The molecule has 0 aliphatic rings. The third-order valence-electron chi connectivity index (χ3n) is 3.49. The van der Waals surface area contributed by atoms with Gasteiger partial charge in [0.25, 0.3) is 0 Å². The zero-order chi connectivity index (χ0) is 13.9. The van der Waals surface area contributed by atoms with Gasteiger partial charge >= 0.3 is 0 Å². The van der Waals surface area contributed by atoms with Gasteiger partial charge in [-0.2, -0.15) is 0 Å². The first-order valence-electron chi connectivity index (χ1n) is 7.66. The Kier molecular flexibility index (Phi) is 8.31. The van der Waals surface area contributed by atoms with Crippen molar-refractivity contribution in [3.63, 3.8) is 0 Å². The number of benzene rings is 1. The number of nitrogens with zero attached hydrogens (tertiary/aromatic N) is 1. The van der Waals surface area contributed by atoms with Crippen LogP contribution in [0.25, 0.3) is 0 Å². The fourth-order valence-electron chi connectivity index (χ4n) is 2.26. The van der Waals surface area contributed by atoms with E-state index < -0.39 is 0 Å². The minimum atomic E-state index is 0.673. The van der Waals surface area contributed by atoms with Crippen molar-refractivity contribution >= 4 is 0 Å². The lowest BCUT2D eigenvalue weighted by atomic mass is 10.2. The number of ether oxygens (including phenoxy) is 1. The molecule has 0 N–H and O–H groups in total. The Hall–Kier alpha value is -1.02. The third kappa shape index (κ3) is 7.22. The summed E-state index contributed by atoms with van der Waals surface area (Å²) < 4.78 is 5.68. The summed E-state index contributed by atoms with van der Waals surface area (Å²) in [5, 5.41) is 0. The number of unbranched alkanes of at least 4 members (excludes halogenated alkanes) is 3. The molecule has 0 aliphatic carbocycles. The molecule has 2 nitrogen and oxygen atoms in total. The van der Waals surface area contributed by atoms with Gasteiger partial charge in [0.05, 0.1) is 6.61 Å². The van der Waals surface area contributed by atoms with E-state index in [1.54, 1.807) is 0 Å². The molecule has 1 rings (SSSR count). The van der Waals surface area contributed by atoms with E-state index in [-0.39, 0.29) is 0 Å². The molecule has 0 bridgehead atoms. The van der Waals surface area contributed by atoms with Crippen LogP contribution in [-0.4, -0.2) is 30.6 Å². The van der Waals surface area contributed by atoms with Gasteiger partial charge < -0.3 is 9.64 Å². The predicted molar refractivity (Wildman–Crippen MR) is 82.8 cm³/mol. The Morgan fingerprint density at radius 1 is 1.00 bits per heavy atom. The number of hydrogen-bond donors (Lipinski definition) is 0. The SMILES string of the molecule is CCN(CCCCCCOc1ccccc1)C(C)C. The van der Waals surface area contributed by atoms with Crippen molar-refractivity contribution in [3.8, 4) is 5.75 Å². The maximum absolute atomic E-state index is 5.68. The lowest BCUT2D eigenvalue weighted by Crippen LogP contribution is -2.31. The molecule has 0 radical (unpaired) electrons. The van der Waals surface area contributed by atoms with Crippen molar-refractivity contribution in [1.29, 1.82) is 0 Å². The topological polar surface area (TPSA) is 12.5 Å². The fourth-order valence-corrected chi connectivity index (χ4v) is 2.26. The van der Waals surface area contributed by atoms with Crippen molar-refractivity contribution in [2.45, 2.75) is 52.5 Å². The average molecular weight is 263 g/mol. The summed E-state index contributed by atoms with van der Waals surface area (Å²) in [7, 11) is 0. The van der Waals surface area contributed by atoms with E-state index >= 15 is 0 Å². The first-order chi connectivity index (χ1) is 9.24. The molecule has 0 saturated carbocycles. The maximum atomic E-state index is 5.68. The van der Waals surface area contributed by atoms with E-state index in [1.807, 2.05) is 30.3 Å². The van der Waals surface area contributed by atoms with Gasteiger partial charge in [0.1, 0.15) is 5.75 Å². The monoisotopic (exact) mass is 263 g/mol. The van der Waals surface area contributed by atoms with Crippen molar-refractivity contribution in [2.24, 2.45) is 0 Å². The highest BCUT2D eigenvalue weighted by Crippen LogP contribution is 2.10. The molecule has 0 aliphatic heterocycles. The zero-order valence-corrected chi connectivity index (χ0v) is 12.8. The van der Waals surface area contributed by atoms with Crippen LogP contribution in [0.15, 0.2) is 30.3 Å². The van der Waals surface area contributed by atoms with Crippen LogP contribution >= 0.6 is 0 Å². The van der Waals surface area contributed by atoms with Crippen LogP contribution in [0.3, 0.4) is 0 Å². The van der Waals surface area contributed by atoms with Crippen molar-refractivity contribution < 1.29 is 4.74 Å². The molecule has 0 fully saturated rings. The highest BCUT2D eigenvalue weighted by atomic mass is 16.5. The summed E-state index contributed by atoms with van der Waals surface area (Å²) in [5.41, 5.74) is 0. The third-order valence-corrected chi connectivity index (χ3v) is 3.49. The molecule has 0 saturated heterocycles. The number of para-hydroxylation sites is 1. The largest absolute Gasteiger partial charge is 0.494 e. The summed E-state index contributed by atoms with van der Waals surface area (Å²) >= 11 is 0. The first-order valence-corrected chi connectivity index (χ1v) is 7.66. The van der Waals surface area contributed by atoms with Crippen LogP contribution in [0, 0.1) is 0 Å². The molecule has 0 spiro atoms. The lowest BCUT2D eigenvalue weighted by molar-refractivity contribution is 0.227. The minimum Gasteiger partial charge on any atom is -0.494 e. The molecule has 2 heteroatoms. The highest BCUT2D eigenvalue weighted by Gasteiger charge is 2.05. The van der Waals surface area contributed by atoms with Gasteiger partial charge in [-0.1, -0.05) is 38.0 Å². The van der Waals surface area contributed by atoms with Crippen LogP contribution in [0.5, 0.6) is 5.75 Å². The Labute approximate surface area is 118 Å². The summed E-state index contributed by atoms with van der Waals surface area (Å²) in [4.78, 5) is 2.53. The molecule has 0 heterocycles. The summed E-state index contributed by atoms with van der Waals surface area (Å²) in [6, 6.07) is 10.7. The van der Waals surface area contributed by atoms with Crippen molar-refractivity contribution in [2.75, 3.05) is 19.7 Å². The molecule has 0 atom stereocenters. The Bertz CT molecular complexity index is 310. The van der Waals surface area contributed by atoms with Crippen LogP contribution in [0.1, 0.15) is 46.5 Å². The minimum absolute atomic E-state index is 0.673. The molecule has 0 unspecified atom stereocenters. The fraction of sp³-hybridized carbons (Fsp3) is 0.647. The molecule has 1 aromatic carbocycles. The summed E-state index contributed by atoms with van der Waals surface area (Å²) in [6.07, 6.45) is 5.03. The molecular formula is C17H29NO. The van der Waals surface area contributed by atoms with Gasteiger partial charge in [-0.15, -0.1) is 0 Å². The highest BCUT2D eigenvalue weighted by molar-refractivity contribution is 5.20. The molecule has 1 aromatic rings. The number of hydrogen-bond acceptors (Lipinski definition) is 2. The normalized spacial score (nSPS) is 11.2. The Morgan fingerprint density at radius 2 is 1.68 bits per heavy atom. The van der Waals surface area contributed by atoms with E-state index in [4.69, 9.17) is 4.74 Å². The maximum Gasteiger partial charge on any atom is 0.119 e. The van der Waals surface area contributed by atoms with E-state index in [0.29, 0.717) is 6.04 Å². The predicted octanol–water partition coefficient (Wildman–Crippen LogP) is 4.36. The Balaban J connectivity index is 1.97. The quantitative estimate of drug-likeness (QED) is 0.582. The standard InChI is InChI=1S/C17H29NO/c1-4-18(16(2)3)14-10-5-6-11-15-19-17-12-8-7-9-13-17/h7-9,12-13,16H,4-6,10-11,14-15H2,1-3H3. The van der Waals surface area contributed by atoms with Gasteiger partial charge in [0.2, 0.25) is 0 Å². The van der Waals surface area contributed by atoms with Gasteiger partial charge in [0.15, 0.2) is 0 Å². The van der Waals surface area contributed by atoms with Crippen molar-refractivity contribution in [3.05, 3.63) is 30.3 Å². The van der Waals surface area contributed by atoms with Crippen LogP contribution in [0.2, 0.25) is 0 Å². The molecule has 108 valence electrons. The second kappa shape index (κ2) is 9.85. The van der Waals surface area contributed by atoms with Crippen LogP contribution in [-0.2, 0) is 0 Å². The van der Waals surface area contributed by atoms with Gasteiger partial charge in [0, 0.05) is 6.04 Å². The Morgan fingerprint density at radius 3 is 2.32 bits per heavy atom. The van der Waals surface area contributed by atoms with Gasteiger partial charge in [-0.3, -0.25) is 0 Å². The molecule has 0 amide bonds. The summed E-state index contributed by atoms with van der Waals surface area (Å²) in [6.45, 7) is 10.0. The van der Waals surface area contributed by atoms with Gasteiger partial charge in [-0.25, -0.2) is 0 Å². The van der Waals surface area contributed by atoms with E-state index in [1.165, 1.54) is 25.8 Å². The van der Waals surface area contributed by atoms with E-state index in [9.17, 15) is 0 Å². The zero-order valence-electron chi connectivity index (χ0n) is 12.8. The summed E-state index contributed by atoms with van der Waals surface area (Å²) in [5.74, 6) is 0.986. The van der Waals surface area contributed by atoms with E-state index in [0.717, 1.165) is 25.3 Å². The molecule has 0 aromatic heterocycles. The smallest absolute Gasteiger partial charge is 0.119 e.